The maximum atomic E-state index is 12.6. The van der Waals surface area contributed by atoms with Gasteiger partial charge in [-0.25, -0.2) is 4.79 Å². The average molecular weight is 387 g/mol. The van der Waals surface area contributed by atoms with Crippen molar-refractivity contribution in [2.45, 2.75) is 39.3 Å². The van der Waals surface area contributed by atoms with Crippen molar-refractivity contribution >= 4 is 27.9 Å². The maximum Gasteiger partial charge on any atom is 0.410 e. The maximum absolute atomic E-state index is 12.6. The third-order valence-corrected chi connectivity index (χ3v) is 4.11. The second kappa shape index (κ2) is 6.51. The van der Waals surface area contributed by atoms with Crippen molar-refractivity contribution in [1.82, 2.24) is 19.6 Å². The highest BCUT2D eigenvalue weighted by Crippen LogP contribution is 2.20. The Labute approximate surface area is 144 Å². The van der Waals surface area contributed by atoms with Crippen LogP contribution in [0.1, 0.15) is 38.2 Å². The first-order valence-corrected chi connectivity index (χ1v) is 8.36. The van der Waals surface area contributed by atoms with Gasteiger partial charge in [0.25, 0.3) is 5.91 Å². The molecule has 0 spiro atoms. The number of nitrogens with zero attached hydrogens (tertiary/aromatic N) is 4. The van der Waals surface area contributed by atoms with Gasteiger partial charge in [0.05, 0.1) is 4.47 Å². The molecule has 2 rings (SSSR count). The monoisotopic (exact) mass is 386 g/mol. The quantitative estimate of drug-likeness (QED) is 0.742. The molecule has 0 unspecified atom stereocenters. The van der Waals surface area contributed by atoms with Crippen LogP contribution in [-0.2, 0) is 11.8 Å². The molecule has 1 atom stereocenters. The van der Waals surface area contributed by atoms with E-state index < -0.39 is 5.60 Å². The Balaban J connectivity index is 2.02. The molecule has 7 nitrogen and oxygen atoms in total. The van der Waals surface area contributed by atoms with E-state index in [0.717, 1.165) is 0 Å². The van der Waals surface area contributed by atoms with Crippen LogP contribution in [0.3, 0.4) is 0 Å². The van der Waals surface area contributed by atoms with Gasteiger partial charge in [-0.05, 0) is 43.6 Å². The second-order valence-electron chi connectivity index (χ2n) is 6.77. The minimum Gasteiger partial charge on any atom is -0.444 e. The lowest BCUT2D eigenvalue weighted by Crippen LogP contribution is -2.56. The van der Waals surface area contributed by atoms with Crippen molar-refractivity contribution in [3.63, 3.8) is 0 Å². The molecule has 2 amide bonds. The van der Waals surface area contributed by atoms with Crippen LogP contribution >= 0.6 is 15.9 Å². The number of hydrogen-bond donors (Lipinski definition) is 0. The van der Waals surface area contributed by atoms with Crippen LogP contribution in [0.15, 0.2) is 10.7 Å². The number of halogens is 1. The third-order valence-electron chi connectivity index (χ3n) is 3.53. The van der Waals surface area contributed by atoms with Crippen LogP contribution in [0.2, 0.25) is 0 Å². The summed E-state index contributed by atoms with van der Waals surface area (Å²) in [6, 6.07) is -0.106. The van der Waals surface area contributed by atoms with Crippen LogP contribution in [0.25, 0.3) is 0 Å². The summed E-state index contributed by atoms with van der Waals surface area (Å²) in [5, 5.41) is 4.19. The normalized spacial score (nSPS) is 19.0. The molecule has 128 valence electrons. The molecule has 0 bridgehead atoms. The Bertz CT molecular complexity index is 608. The first-order chi connectivity index (χ1) is 10.6. The van der Waals surface area contributed by atoms with Crippen LogP contribution in [-0.4, -0.2) is 62.9 Å². The van der Waals surface area contributed by atoms with E-state index in [1.165, 1.54) is 0 Å². The summed E-state index contributed by atoms with van der Waals surface area (Å²) < 4.78 is 7.68. The number of hydrogen-bond acceptors (Lipinski definition) is 4. The minimum absolute atomic E-state index is 0.106. The van der Waals surface area contributed by atoms with Gasteiger partial charge in [-0.2, -0.15) is 5.10 Å². The van der Waals surface area contributed by atoms with E-state index in [2.05, 4.69) is 21.0 Å². The molecule has 23 heavy (non-hydrogen) atoms. The van der Waals surface area contributed by atoms with Gasteiger partial charge in [-0.3, -0.25) is 9.48 Å². The summed E-state index contributed by atoms with van der Waals surface area (Å²) >= 11 is 3.35. The summed E-state index contributed by atoms with van der Waals surface area (Å²) in [4.78, 5) is 28.2. The Morgan fingerprint density at radius 3 is 2.48 bits per heavy atom. The molecule has 0 saturated carbocycles. The van der Waals surface area contributed by atoms with Crippen molar-refractivity contribution < 1.29 is 14.3 Å². The fraction of sp³-hybridized carbons (Fsp3) is 0.667. The summed E-state index contributed by atoms with van der Waals surface area (Å²) in [5.41, 5.74) is -0.131. The minimum atomic E-state index is -0.525. The number of amides is 2. The summed E-state index contributed by atoms with van der Waals surface area (Å²) in [6.45, 7) is 8.81. The average Bonchev–Trinajstić information content (AvgIpc) is 2.74. The molecule has 1 aliphatic heterocycles. The van der Waals surface area contributed by atoms with Crippen molar-refractivity contribution in [1.29, 1.82) is 0 Å². The Hall–Kier alpha value is -1.57. The largest absolute Gasteiger partial charge is 0.444 e. The fourth-order valence-corrected chi connectivity index (χ4v) is 3.03. The van der Waals surface area contributed by atoms with Crippen LogP contribution < -0.4 is 0 Å². The lowest BCUT2D eigenvalue weighted by molar-refractivity contribution is 0.00188. The van der Waals surface area contributed by atoms with Gasteiger partial charge in [0.15, 0.2) is 5.69 Å². The molecular weight excluding hydrogens is 364 g/mol. The summed E-state index contributed by atoms with van der Waals surface area (Å²) in [5.74, 6) is -0.131. The van der Waals surface area contributed by atoms with E-state index >= 15 is 0 Å². The predicted molar refractivity (Wildman–Crippen MR) is 89.2 cm³/mol. The smallest absolute Gasteiger partial charge is 0.410 e. The number of aromatic nitrogens is 2. The van der Waals surface area contributed by atoms with Crippen LogP contribution in [0, 0.1) is 0 Å². The highest BCUT2D eigenvalue weighted by molar-refractivity contribution is 9.10. The molecule has 0 aromatic carbocycles. The first-order valence-electron chi connectivity index (χ1n) is 7.56. The SMILES string of the molecule is C[C@@H]1CN(C(=O)c2nn(C)cc2Br)CCN1C(=O)OC(C)(C)C. The van der Waals surface area contributed by atoms with Gasteiger partial charge in [0.1, 0.15) is 5.60 Å². The van der Waals surface area contributed by atoms with Gasteiger partial charge >= 0.3 is 6.09 Å². The first kappa shape index (κ1) is 17.8. The highest BCUT2D eigenvalue weighted by atomic mass is 79.9. The number of rotatable bonds is 1. The molecule has 1 aromatic rings. The van der Waals surface area contributed by atoms with Crippen molar-refractivity contribution in [3.05, 3.63) is 16.4 Å². The Morgan fingerprint density at radius 1 is 1.35 bits per heavy atom. The second-order valence-corrected chi connectivity index (χ2v) is 7.63. The molecule has 8 heteroatoms. The summed E-state index contributed by atoms with van der Waals surface area (Å²) in [6.07, 6.45) is 1.41. The lowest BCUT2D eigenvalue weighted by atomic mass is 10.2. The topological polar surface area (TPSA) is 67.7 Å². The molecule has 1 aliphatic rings. The van der Waals surface area contributed by atoms with Crippen LogP contribution in [0.4, 0.5) is 4.79 Å². The van der Waals surface area contributed by atoms with E-state index in [0.29, 0.717) is 29.8 Å². The van der Waals surface area contributed by atoms with Crippen molar-refractivity contribution in [2.75, 3.05) is 19.6 Å². The number of aryl methyl sites for hydroxylation is 1. The molecule has 1 aromatic heterocycles. The number of carbonyl (C=O) groups is 2. The molecule has 1 fully saturated rings. The van der Waals surface area contributed by atoms with E-state index in [4.69, 9.17) is 4.74 Å². The van der Waals surface area contributed by atoms with E-state index in [1.54, 1.807) is 27.7 Å². The van der Waals surface area contributed by atoms with Crippen molar-refractivity contribution in [2.24, 2.45) is 7.05 Å². The fourth-order valence-electron chi connectivity index (χ4n) is 2.49. The number of carbonyl (C=O) groups excluding carboxylic acids is 2. The predicted octanol–water partition coefficient (Wildman–Crippen LogP) is 2.26. The van der Waals surface area contributed by atoms with E-state index in [1.807, 2.05) is 27.7 Å². The number of ether oxygens (including phenoxy) is 1. The number of piperazine rings is 1. The van der Waals surface area contributed by atoms with Gasteiger partial charge in [-0.15, -0.1) is 0 Å². The Morgan fingerprint density at radius 2 is 2.00 bits per heavy atom. The molecule has 0 radical (unpaired) electrons. The third kappa shape index (κ3) is 4.25. The van der Waals surface area contributed by atoms with Gasteiger partial charge in [0.2, 0.25) is 0 Å². The standard InChI is InChI=1S/C15H23BrN4O3/c1-10-8-19(13(21)12-11(16)9-18(5)17-12)6-7-20(10)14(22)23-15(2,3)4/h9-10H,6-8H2,1-5H3/t10-/m1/s1. The van der Waals surface area contributed by atoms with Gasteiger partial charge < -0.3 is 14.5 Å². The van der Waals surface area contributed by atoms with Crippen LogP contribution in [0.5, 0.6) is 0 Å². The molecule has 1 saturated heterocycles. The molecule has 0 aliphatic carbocycles. The zero-order valence-corrected chi connectivity index (χ0v) is 15.8. The lowest BCUT2D eigenvalue weighted by Gasteiger charge is -2.40. The van der Waals surface area contributed by atoms with E-state index in [-0.39, 0.29) is 18.0 Å². The molecular formula is C15H23BrN4O3. The molecule has 0 N–H and O–H groups in total. The zero-order valence-electron chi connectivity index (χ0n) is 14.2. The van der Waals surface area contributed by atoms with Gasteiger partial charge in [0, 0.05) is 38.9 Å². The zero-order chi connectivity index (χ0) is 17.4. The summed E-state index contributed by atoms with van der Waals surface area (Å²) in [7, 11) is 1.77. The van der Waals surface area contributed by atoms with Gasteiger partial charge in [-0.1, -0.05) is 0 Å². The van der Waals surface area contributed by atoms with Crippen molar-refractivity contribution in [3.8, 4) is 0 Å². The molecule has 2 heterocycles. The van der Waals surface area contributed by atoms with E-state index in [9.17, 15) is 9.59 Å². The Kier molecular flexibility index (Phi) is 5.03. The highest BCUT2D eigenvalue weighted by Gasteiger charge is 2.33.